The van der Waals surface area contributed by atoms with Gasteiger partial charge in [0.05, 0.1) is 17.0 Å². The predicted octanol–water partition coefficient (Wildman–Crippen LogP) is 3.26. The van der Waals surface area contributed by atoms with Crippen LogP contribution in [0.1, 0.15) is 31.2 Å². The van der Waals surface area contributed by atoms with E-state index in [0.29, 0.717) is 24.8 Å². The molecule has 3 heterocycles. The Labute approximate surface area is 171 Å². The topological polar surface area (TPSA) is 88.1 Å². The highest BCUT2D eigenvalue weighted by Crippen LogP contribution is 2.31. The third-order valence-corrected chi connectivity index (χ3v) is 7.46. The van der Waals surface area contributed by atoms with Crippen LogP contribution in [0.2, 0.25) is 0 Å². The molecule has 0 spiro atoms. The van der Waals surface area contributed by atoms with Crippen LogP contribution in [0.5, 0.6) is 0 Å². The van der Waals surface area contributed by atoms with Gasteiger partial charge in [-0.25, -0.2) is 22.7 Å². The largest absolute Gasteiger partial charge is 0.371 e. The molecule has 2 aromatic heterocycles. The number of sulfonamides is 1. The van der Waals surface area contributed by atoms with Crippen molar-refractivity contribution >= 4 is 26.9 Å². The van der Waals surface area contributed by atoms with Crippen LogP contribution >= 0.6 is 0 Å². The summed E-state index contributed by atoms with van der Waals surface area (Å²) < 4.78 is 25.7. The van der Waals surface area contributed by atoms with Crippen molar-refractivity contribution in [1.82, 2.24) is 19.3 Å². The number of anilines is 1. The Morgan fingerprint density at radius 3 is 2.45 bits per heavy atom. The van der Waals surface area contributed by atoms with Crippen molar-refractivity contribution in [3.05, 3.63) is 48.3 Å². The van der Waals surface area contributed by atoms with Crippen molar-refractivity contribution < 1.29 is 8.42 Å². The van der Waals surface area contributed by atoms with Crippen LogP contribution in [0.15, 0.2) is 42.7 Å². The van der Waals surface area contributed by atoms with Crippen LogP contribution in [0.25, 0.3) is 22.3 Å². The number of nitrogens with zero attached hydrogens (tertiary/aromatic N) is 4. The van der Waals surface area contributed by atoms with Crippen LogP contribution in [-0.2, 0) is 10.0 Å². The summed E-state index contributed by atoms with van der Waals surface area (Å²) in [6.07, 6.45) is 5.05. The van der Waals surface area contributed by atoms with Crippen molar-refractivity contribution in [1.29, 1.82) is 0 Å². The van der Waals surface area contributed by atoms with Crippen LogP contribution in [-0.4, -0.2) is 53.6 Å². The fraction of sp³-hybridized carbons (Fsp3) is 0.381. The zero-order chi connectivity index (χ0) is 20.4. The first-order valence-corrected chi connectivity index (χ1v) is 11.5. The monoisotopic (exact) mass is 411 g/mol. The Balaban J connectivity index is 1.54. The van der Waals surface area contributed by atoms with Gasteiger partial charge < -0.3 is 5.32 Å². The Morgan fingerprint density at radius 2 is 1.79 bits per heavy atom. The first-order chi connectivity index (χ1) is 14.0. The van der Waals surface area contributed by atoms with E-state index in [1.165, 1.54) is 5.56 Å². The summed E-state index contributed by atoms with van der Waals surface area (Å²) in [6.45, 7) is 2.89. The predicted molar refractivity (Wildman–Crippen MR) is 115 cm³/mol. The number of benzene rings is 1. The second-order valence-electron chi connectivity index (χ2n) is 7.23. The zero-order valence-electron chi connectivity index (χ0n) is 16.7. The average Bonchev–Trinajstić information content (AvgIpc) is 2.78. The standard InChI is InChI=1S/C21H25N5O2S/c1-3-29(27,28)26-12-8-16(9-13-26)15-4-6-17(7-5-15)18-14-19-20(21(22-2)25-18)24-11-10-23-19/h4-7,10-11,14,16H,3,8-9,12-13H2,1-2H3,(H,22,25). The van der Waals surface area contributed by atoms with Crippen LogP contribution < -0.4 is 5.32 Å². The van der Waals surface area contributed by atoms with Gasteiger partial charge in [-0.3, -0.25) is 4.98 Å². The van der Waals surface area contributed by atoms with Crippen molar-refractivity contribution in [3.8, 4) is 11.3 Å². The molecule has 0 aliphatic carbocycles. The second-order valence-corrected chi connectivity index (χ2v) is 9.48. The van der Waals surface area contributed by atoms with E-state index < -0.39 is 10.0 Å². The van der Waals surface area contributed by atoms with Crippen molar-refractivity contribution in [2.24, 2.45) is 0 Å². The van der Waals surface area contributed by atoms with Gasteiger partial charge >= 0.3 is 0 Å². The Kier molecular flexibility index (Phi) is 5.47. The molecule has 4 rings (SSSR count). The minimum absolute atomic E-state index is 0.171. The van der Waals surface area contributed by atoms with E-state index in [-0.39, 0.29) is 5.75 Å². The maximum Gasteiger partial charge on any atom is 0.213 e. The molecule has 1 N–H and O–H groups in total. The summed E-state index contributed by atoms with van der Waals surface area (Å²) in [5, 5.41) is 3.10. The van der Waals surface area contributed by atoms with Crippen LogP contribution in [0.3, 0.4) is 0 Å². The number of nitrogens with one attached hydrogen (secondary N) is 1. The van der Waals surface area contributed by atoms with Crippen LogP contribution in [0, 0.1) is 0 Å². The molecule has 0 amide bonds. The number of fused-ring (bicyclic) bond motifs is 1. The van der Waals surface area contributed by atoms with E-state index in [0.717, 1.165) is 35.1 Å². The molecule has 1 aromatic carbocycles. The highest BCUT2D eigenvalue weighted by Gasteiger charge is 2.27. The van der Waals surface area contributed by atoms with Gasteiger partial charge in [0, 0.05) is 38.1 Å². The van der Waals surface area contributed by atoms with Gasteiger partial charge in [0.25, 0.3) is 0 Å². The number of piperidine rings is 1. The van der Waals surface area contributed by atoms with Crippen LogP contribution in [0.4, 0.5) is 5.82 Å². The lowest BCUT2D eigenvalue weighted by Gasteiger charge is -2.31. The van der Waals surface area contributed by atoms with Crippen molar-refractivity contribution in [3.63, 3.8) is 0 Å². The Hall–Kier alpha value is -2.58. The first kappa shape index (κ1) is 19.7. The van der Waals surface area contributed by atoms with Gasteiger partial charge in [-0.15, -0.1) is 0 Å². The molecule has 152 valence electrons. The van der Waals surface area contributed by atoms with E-state index in [2.05, 4.69) is 39.6 Å². The maximum absolute atomic E-state index is 12.0. The molecule has 1 fully saturated rings. The molecule has 1 aliphatic rings. The highest BCUT2D eigenvalue weighted by molar-refractivity contribution is 7.89. The van der Waals surface area contributed by atoms with Gasteiger partial charge in [-0.2, -0.15) is 0 Å². The lowest BCUT2D eigenvalue weighted by molar-refractivity contribution is 0.320. The minimum atomic E-state index is -3.09. The summed E-state index contributed by atoms with van der Waals surface area (Å²) >= 11 is 0. The molecular weight excluding hydrogens is 386 g/mol. The van der Waals surface area contributed by atoms with E-state index in [4.69, 9.17) is 4.98 Å². The molecule has 0 bridgehead atoms. The van der Waals surface area contributed by atoms with E-state index in [9.17, 15) is 8.42 Å². The normalized spacial score (nSPS) is 16.2. The summed E-state index contributed by atoms with van der Waals surface area (Å²) in [7, 11) is -1.26. The lowest BCUT2D eigenvalue weighted by atomic mass is 9.89. The fourth-order valence-corrected chi connectivity index (χ4v) is 5.00. The van der Waals surface area contributed by atoms with E-state index in [1.54, 1.807) is 23.6 Å². The molecule has 0 saturated carbocycles. The summed E-state index contributed by atoms with van der Waals surface area (Å²) in [5.74, 6) is 1.26. The van der Waals surface area contributed by atoms with Gasteiger partial charge in [0.15, 0.2) is 5.82 Å². The molecule has 0 unspecified atom stereocenters. The molecular formula is C21H25N5O2S. The number of hydrogen-bond donors (Lipinski definition) is 1. The van der Waals surface area contributed by atoms with Crippen molar-refractivity contribution in [2.75, 3.05) is 31.2 Å². The second kappa shape index (κ2) is 8.04. The number of pyridine rings is 1. The molecule has 1 aliphatic heterocycles. The smallest absolute Gasteiger partial charge is 0.213 e. The molecule has 3 aromatic rings. The maximum atomic E-state index is 12.0. The summed E-state index contributed by atoms with van der Waals surface area (Å²) in [5.41, 5.74) is 4.66. The summed E-state index contributed by atoms with van der Waals surface area (Å²) in [4.78, 5) is 13.5. The molecule has 8 heteroatoms. The Bertz CT molecular complexity index is 1110. The van der Waals surface area contributed by atoms with Gasteiger partial charge in [-0.05, 0) is 37.3 Å². The fourth-order valence-electron chi connectivity index (χ4n) is 3.87. The highest BCUT2D eigenvalue weighted by atomic mass is 32.2. The molecule has 29 heavy (non-hydrogen) atoms. The third-order valence-electron chi connectivity index (χ3n) is 5.58. The number of rotatable bonds is 5. The average molecular weight is 412 g/mol. The third kappa shape index (κ3) is 3.95. The van der Waals surface area contributed by atoms with E-state index >= 15 is 0 Å². The van der Waals surface area contributed by atoms with Crippen molar-refractivity contribution in [2.45, 2.75) is 25.7 Å². The first-order valence-electron chi connectivity index (χ1n) is 9.89. The lowest BCUT2D eigenvalue weighted by Crippen LogP contribution is -2.38. The molecule has 7 nitrogen and oxygen atoms in total. The van der Waals surface area contributed by atoms with Gasteiger partial charge in [0.1, 0.15) is 5.52 Å². The number of hydrogen-bond acceptors (Lipinski definition) is 6. The number of aromatic nitrogens is 3. The SMILES string of the molecule is CCS(=O)(=O)N1CCC(c2ccc(-c3cc4nccnc4c(NC)n3)cc2)CC1. The molecule has 0 radical (unpaired) electrons. The Morgan fingerprint density at radius 1 is 1.10 bits per heavy atom. The minimum Gasteiger partial charge on any atom is -0.371 e. The zero-order valence-corrected chi connectivity index (χ0v) is 17.5. The van der Waals surface area contributed by atoms with Gasteiger partial charge in [-0.1, -0.05) is 24.3 Å². The van der Waals surface area contributed by atoms with E-state index in [1.807, 2.05) is 13.1 Å². The molecule has 0 atom stereocenters. The van der Waals surface area contributed by atoms with Gasteiger partial charge in [0.2, 0.25) is 10.0 Å². The summed E-state index contributed by atoms with van der Waals surface area (Å²) in [6, 6.07) is 10.4. The molecule has 1 saturated heterocycles. The quantitative estimate of drug-likeness (QED) is 0.693.